The first kappa shape index (κ1) is 17.4. The predicted molar refractivity (Wildman–Crippen MR) is 96.9 cm³/mol. The molecule has 1 saturated heterocycles. The van der Waals surface area contributed by atoms with Gasteiger partial charge in [-0.25, -0.2) is 4.98 Å². The summed E-state index contributed by atoms with van der Waals surface area (Å²) in [7, 11) is 0. The van der Waals surface area contributed by atoms with Crippen molar-refractivity contribution in [3.05, 3.63) is 22.1 Å². The maximum atomic E-state index is 12.1. The fourth-order valence-corrected chi connectivity index (χ4v) is 4.17. The molecule has 0 aromatic carbocycles. The second-order valence-electron chi connectivity index (χ2n) is 7.48. The Bertz CT molecular complexity index is 762. The second kappa shape index (κ2) is 6.80. The van der Waals surface area contributed by atoms with Crippen molar-refractivity contribution in [2.45, 2.75) is 53.1 Å². The van der Waals surface area contributed by atoms with Crippen molar-refractivity contribution in [3.8, 4) is 0 Å². The van der Waals surface area contributed by atoms with Gasteiger partial charge in [0.15, 0.2) is 0 Å². The first-order valence-electron chi connectivity index (χ1n) is 8.63. The Labute approximate surface area is 146 Å². The van der Waals surface area contributed by atoms with Crippen molar-refractivity contribution in [1.29, 1.82) is 0 Å². The van der Waals surface area contributed by atoms with Crippen LogP contribution in [0.15, 0.2) is 10.9 Å². The number of hydrogen-bond acceptors (Lipinski definition) is 6. The average Bonchev–Trinajstić information content (AvgIpc) is 2.96. The number of nitrogens with zero attached hydrogens (tertiary/aromatic N) is 3. The number of rotatable bonds is 4. The summed E-state index contributed by atoms with van der Waals surface area (Å²) in [5, 5.41) is 8.51. The van der Waals surface area contributed by atoms with Gasteiger partial charge in [0, 0.05) is 30.8 Å². The van der Waals surface area contributed by atoms with E-state index in [0.717, 1.165) is 43.2 Å². The van der Waals surface area contributed by atoms with Crippen LogP contribution < -0.4 is 10.9 Å². The Morgan fingerprint density at radius 3 is 2.96 bits per heavy atom. The summed E-state index contributed by atoms with van der Waals surface area (Å²) in [6.45, 7) is 10.3. The molecule has 1 aliphatic heterocycles. The topological polar surface area (TPSA) is 68.5 Å². The van der Waals surface area contributed by atoms with Gasteiger partial charge in [-0.15, -0.1) is 5.10 Å². The van der Waals surface area contributed by atoms with Gasteiger partial charge in [-0.3, -0.25) is 4.79 Å². The van der Waals surface area contributed by atoms with E-state index < -0.39 is 0 Å². The molecular weight excluding hydrogens is 324 g/mol. The molecular formula is C17H26N4O2S. The highest BCUT2D eigenvalue weighted by Gasteiger charge is 2.35. The summed E-state index contributed by atoms with van der Waals surface area (Å²) in [5.41, 5.74) is 0.813. The molecule has 132 valence electrons. The van der Waals surface area contributed by atoms with Crippen LogP contribution >= 0.6 is 11.3 Å². The highest BCUT2D eigenvalue weighted by Crippen LogP contribution is 2.34. The van der Waals surface area contributed by atoms with Crippen LogP contribution in [0.3, 0.4) is 0 Å². The van der Waals surface area contributed by atoms with Crippen molar-refractivity contribution in [2.75, 3.05) is 18.5 Å². The smallest absolute Gasteiger partial charge is 0.275 e. The molecule has 1 aliphatic rings. The molecule has 3 rings (SSSR count). The fourth-order valence-electron chi connectivity index (χ4n) is 3.34. The third-order valence-corrected chi connectivity index (χ3v) is 5.34. The number of aromatic nitrogens is 3. The Morgan fingerprint density at radius 2 is 2.25 bits per heavy atom. The number of ether oxygens (including phenoxy) is 1. The van der Waals surface area contributed by atoms with Gasteiger partial charge in [0.05, 0.1) is 6.10 Å². The summed E-state index contributed by atoms with van der Waals surface area (Å²) < 4.78 is 7.41. The van der Waals surface area contributed by atoms with Crippen LogP contribution in [0.1, 0.15) is 46.2 Å². The van der Waals surface area contributed by atoms with Gasteiger partial charge in [0.2, 0.25) is 10.1 Å². The van der Waals surface area contributed by atoms with Crippen molar-refractivity contribution in [3.63, 3.8) is 0 Å². The number of fused-ring (bicyclic) bond motifs is 1. The molecule has 2 atom stereocenters. The number of hydrogen-bond donors (Lipinski definition) is 1. The molecule has 6 nitrogen and oxygen atoms in total. The van der Waals surface area contributed by atoms with Gasteiger partial charge in [0.25, 0.3) is 5.56 Å². The van der Waals surface area contributed by atoms with Crippen molar-refractivity contribution < 1.29 is 4.74 Å². The number of nitrogens with one attached hydrogen (secondary N) is 1. The minimum atomic E-state index is -0.116. The Hall–Kier alpha value is -1.47. The minimum Gasteiger partial charge on any atom is -0.377 e. The van der Waals surface area contributed by atoms with Crippen LogP contribution in [0.2, 0.25) is 0 Å². The van der Waals surface area contributed by atoms with E-state index in [2.05, 4.69) is 36.2 Å². The van der Waals surface area contributed by atoms with Crippen LogP contribution in [-0.4, -0.2) is 33.9 Å². The first-order valence-corrected chi connectivity index (χ1v) is 9.45. The Morgan fingerprint density at radius 1 is 1.46 bits per heavy atom. The fraction of sp³-hybridized carbons (Fsp3) is 0.706. The van der Waals surface area contributed by atoms with E-state index >= 15 is 0 Å². The van der Waals surface area contributed by atoms with Gasteiger partial charge in [-0.2, -0.15) is 4.52 Å². The third kappa shape index (κ3) is 3.62. The van der Waals surface area contributed by atoms with Gasteiger partial charge in [-0.1, -0.05) is 39.0 Å². The summed E-state index contributed by atoms with van der Waals surface area (Å²) in [5.74, 6) is 0.446. The molecule has 1 fully saturated rings. The standard InChI is InChI=1S/C17H26N4O2S/c1-5-12-9-13(22)21-16(19-12)24-15(20-21)18-10-11-7-6-8-23-14(11)17(2,3)4/h9,11,14H,5-8,10H2,1-4H3,(H,18,20). The maximum Gasteiger partial charge on any atom is 0.275 e. The molecule has 0 amide bonds. The summed E-state index contributed by atoms with van der Waals surface area (Å²) >= 11 is 1.43. The van der Waals surface area contributed by atoms with Crippen LogP contribution in [0.5, 0.6) is 0 Å². The SMILES string of the molecule is CCc1cc(=O)n2nc(NCC3CCCOC3C(C)(C)C)sc2n1. The Kier molecular flexibility index (Phi) is 4.92. The van der Waals surface area contributed by atoms with Crippen molar-refractivity contribution in [2.24, 2.45) is 11.3 Å². The van der Waals surface area contributed by atoms with Crippen LogP contribution in [0.25, 0.3) is 4.96 Å². The van der Waals surface area contributed by atoms with Crippen LogP contribution in [-0.2, 0) is 11.2 Å². The van der Waals surface area contributed by atoms with E-state index in [1.807, 2.05) is 6.92 Å². The average molecular weight is 350 g/mol. The van der Waals surface area contributed by atoms with E-state index in [-0.39, 0.29) is 17.1 Å². The monoisotopic (exact) mass is 350 g/mol. The highest BCUT2D eigenvalue weighted by atomic mass is 32.1. The van der Waals surface area contributed by atoms with Crippen molar-refractivity contribution >= 4 is 21.4 Å². The molecule has 2 aromatic heterocycles. The summed E-state index contributed by atoms with van der Waals surface area (Å²) in [6.07, 6.45) is 3.23. The summed E-state index contributed by atoms with van der Waals surface area (Å²) in [6, 6.07) is 1.56. The van der Waals surface area contributed by atoms with Crippen LogP contribution in [0, 0.1) is 11.3 Å². The maximum absolute atomic E-state index is 12.1. The molecule has 2 unspecified atom stereocenters. The Balaban J connectivity index is 1.75. The van der Waals surface area contributed by atoms with Crippen molar-refractivity contribution in [1.82, 2.24) is 14.6 Å². The van der Waals surface area contributed by atoms with Gasteiger partial charge in [0.1, 0.15) is 0 Å². The quantitative estimate of drug-likeness (QED) is 0.918. The van der Waals surface area contributed by atoms with Gasteiger partial charge in [-0.05, 0) is 24.7 Å². The predicted octanol–water partition coefficient (Wildman–Crippen LogP) is 2.97. The molecule has 2 aromatic rings. The highest BCUT2D eigenvalue weighted by molar-refractivity contribution is 7.20. The zero-order valence-corrected chi connectivity index (χ0v) is 15.7. The largest absolute Gasteiger partial charge is 0.377 e. The van der Waals surface area contributed by atoms with E-state index in [1.54, 1.807) is 6.07 Å². The molecule has 0 spiro atoms. The number of aryl methyl sites for hydroxylation is 1. The molecule has 0 bridgehead atoms. The third-order valence-electron chi connectivity index (χ3n) is 4.47. The summed E-state index contributed by atoms with van der Waals surface area (Å²) in [4.78, 5) is 17.2. The lowest BCUT2D eigenvalue weighted by atomic mass is 9.78. The molecule has 7 heteroatoms. The molecule has 0 radical (unpaired) electrons. The lowest BCUT2D eigenvalue weighted by molar-refractivity contribution is -0.0814. The molecule has 1 N–H and O–H groups in total. The van der Waals surface area contributed by atoms with E-state index in [1.165, 1.54) is 15.9 Å². The van der Waals surface area contributed by atoms with Gasteiger partial charge < -0.3 is 10.1 Å². The van der Waals surface area contributed by atoms with Crippen LogP contribution in [0.4, 0.5) is 5.13 Å². The number of anilines is 1. The lowest BCUT2D eigenvalue weighted by Crippen LogP contribution is -2.42. The van der Waals surface area contributed by atoms with E-state index in [0.29, 0.717) is 10.9 Å². The molecule has 0 saturated carbocycles. The van der Waals surface area contributed by atoms with E-state index in [9.17, 15) is 4.79 Å². The molecule has 24 heavy (non-hydrogen) atoms. The lowest BCUT2D eigenvalue weighted by Gasteiger charge is -2.40. The van der Waals surface area contributed by atoms with Gasteiger partial charge >= 0.3 is 0 Å². The molecule has 3 heterocycles. The second-order valence-corrected chi connectivity index (χ2v) is 8.44. The molecule has 0 aliphatic carbocycles. The normalized spacial score (nSPS) is 22.0. The van der Waals surface area contributed by atoms with E-state index in [4.69, 9.17) is 4.74 Å². The minimum absolute atomic E-state index is 0.116. The first-order chi connectivity index (χ1) is 11.4. The zero-order valence-electron chi connectivity index (χ0n) is 14.8. The zero-order chi connectivity index (χ0) is 17.3.